The smallest absolute Gasteiger partial charge is 0.154 e. The molecule has 18 heavy (non-hydrogen) atoms. The average Bonchev–Trinajstić information content (AvgIpc) is 2.83. The van der Waals surface area contributed by atoms with Gasteiger partial charge in [-0.15, -0.1) is 0 Å². The third-order valence-corrected chi connectivity index (χ3v) is 4.49. The number of rotatable bonds is 2. The van der Waals surface area contributed by atoms with Crippen molar-refractivity contribution in [3.63, 3.8) is 0 Å². The summed E-state index contributed by atoms with van der Waals surface area (Å²) in [4.78, 5) is 4.88. The quantitative estimate of drug-likeness (QED) is 0.873. The van der Waals surface area contributed by atoms with Gasteiger partial charge in [0.2, 0.25) is 0 Å². The van der Waals surface area contributed by atoms with Crippen LogP contribution in [0.3, 0.4) is 0 Å². The van der Waals surface area contributed by atoms with Crippen molar-refractivity contribution >= 4 is 0 Å². The first-order valence-corrected chi connectivity index (χ1v) is 7.46. The average molecular weight is 248 g/mol. The van der Waals surface area contributed by atoms with Crippen LogP contribution in [0.15, 0.2) is 0 Å². The lowest BCUT2D eigenvalue weighted by molar-refractivity contribution is 0.427. The predicted octanol–water partition coefficient (Wildman–Crippen LogP) is 2.33. The van der Waals surface area contributed by atoms with Crippen LogP contribution in [-0.4, -0.2) is 27.9 Å². The molecule has 4 nitrogen and oxygen atoms in total. The first-order chi connectivity index (χ1) is 8.84. The normalized spacial score (nSPS) is 23.4. The Kier molecular flexibility index (Phi) is 3.64. The monoisotopic (exact) mass is 248 g/mol. The molecule has 2 heterocycles. The van der Waals surface area contributed by atoms with Crippen molar-refractivity contribution in [2.24, 2.45) is 7.05 Å². The molecular formula is C14H24N4. The highest BCUT2D eigenvalue weighted by atomic mass is 15.3. The summed E-state index contributed by atoms with van der Waals surface area (Å²) in [6.45, 7) is 2.24. The van der Waals surface area contributed by atoms with E-state index in [0.717, 1.165) is 18.9 Å². The summed E-state index contributed by atoms with van der Waals surface area (Å²) >= 11 is 0. The number of hydrogen-bond donors (Lipinski definition) is 1. The molecule has 1 aromatic heterocycles. The summed E-state index contributed by atoms with van der Waals surface area (Å²) in [5, 5.41) is 8.11. The van der Waals surface area contributed by atoms with Crippen molar-refractivity contribution in [2.45, 2.75) is 56.8 Å². The van der Waals surface area contributed by atoms with E-state index >= 15 is 0 Å². The van der Waals surface area contributed by atoms with Crippen LogP contribution < -0.4 is 5.32 Å². The van der Waals surface area contributed by atoms with Gasteiger partial charge in [0.15, 0.2) is 5.82 Å². The van der Waals surface area contributed by atoms with E-state index < -0.39 is 0 Å². The van der Waals surface area contributed by atoms with Crippen LogP contribution in [-0.2, 0) is 7.05 Å². The molecule has 0 spiro atoms. The van der Waals surface area contributed by atoms with Gasteiger partial charge in [-0.1, -0.05) is 19.3 Å². The zero-order chi connectivity index (χ0) is 12.4. The third kappa shape index (κ3) is 2.44. The standard InChI is InChI=1S/C14H24N4/c1-18-14(12-7-9-15-10-8-12)16-13(17-18)11-5-3-2-4-6-11/h11-12,15H,2-10H2,1H3. The largest absolute Gasteiger partial charge is 0.317 e. The topological polar surface area (TPSA) is 42.7 Å². The fraction of sp³-hybridized carbons (Fsp3) is 0.857. The van der Waals surface area contributed by atoms with Crippen molar-refractivity contribution in [3.05, 3.63) is 11.6 Å². The Balaban J connectivity index is 1.76. The fourth-order valence-electron chi connectivity index (χ4n) is 3.39. The van der Waals surface area contributed by atoms with Gasteiger partial charge >= 0.3 is 0 Å². The number of aromatic nitrogens is 3. The molecule has 0 bridgehead atoms. The number of nitrogens with one attached hydrogen (secondary N) is 1. The Morgan fingerprint density at radius 2 is 1.72 bits per heavy atom. The summed E-state index contributed by atoms with van der Waals surface area (Å²) < 4.78 is 2.04. The minimum Gasteiger partial charge on any atom is -0.317 e. The van der Waals surface area contributed by atoms with Gasteiger partial charge in [0.25, 0.3) is 0 Å². The minimum atomic E-state index is 0.612. The lowest BCUT2D eigenvalue weighted by Crippen LogP contribution is -2.28. The van der Waals surface area contributed by atoms with Gasteiger partial charge in [-0.25, -0.2) is 4.98 Å². The van der Waals surface area contributed by atoms with Gasteiger partial charge in [-0.2, -0.15) is 5.10 Å². The molecule has 2 aliphatic rings. The Morgan fingerprint density at radius 3 is 2.44 bits per heavy atom. The number of hydrogen-bond acceptors (Lipinski definition) is 3. The molecule has 0 radical (unpaired) electrons. The highest BCUT2D eigenvalue weighted by Crippen LogP contribution is 2.32. The van der Waals surface area contributed by atoms with E-state index in [2.05, 4.69) is 12.4 Å². The van der Waals surface area contributed by atoms with E-state index in [9.17, 15) is 0 Å². The molecule has 1 saturated heterocycles. The fourth-order valence-corrected chi connectivity index (χ4v) is 3.39. The second-order valence-electron chi connectivity index (χ2n) is 5.81. The number of piperidine rings is 1. The highest BCUT2D eigenvalue weighted by Gasteiger charge is 2.25. The molecule has 1 N–H and O–H groups in total. The number of aryl methyl sites for hydroxylation is 1. The summed E-state index contributed by atoms with van der Waals surface area (Å²) in [7, 11) is 2.07. The van der Waals surface area contributed by atoms with Crippen LogP contribution in [0.2, 0.25) is 0 Å². The van der Waals surface area contributed by atoms with Crippen LogP contribution in [0.1, 0.15) is 68.4 Å². The van der Waals surface area contributed by atoms with Crippen molar-refractivity contribution in [3.8, 4) is 0 Å². The first kappa shape index (κ1) is 12.2. The summed E-state index contributed by atoms with van der Waals surface area (Å²) in [6, 6.07) is 0. The van der Waals surface area contributed by atoms with E-state index in [1.807, 2.05) is 4.68 Å². The molecule has 1 saturated carbocycles. The Hall–Kier alpha value is -0.900. The Bertz CT molecular complexity index is 386. The maximum atomic E-state index is 4.88. The molecule has 1 aliphatic heterocycles. The molecule has 0 amide bonds. The van der Waals surface area contributed by atoms with Gasteiger partial charge in [-0.05, 0) is 38.8 Å². The van der Waals surface area contributed by atoms with Gasteiger partial charge in [0.1, 0.15) is 5.82 Å². The third-order valence-electron chi connectivity index (χ3n) is 4.49. The lowest BCUT2D eigenvalue weighted by atomic mass is 9.89. The molecule has 1 aliphatic carbocycles. The van der Waals surface area contributed by atoms with Crippen molar-refractivity contribution in [1.29, 1.82) is 0 Å². The first-order valence-electron chi connectivity index (χ1n) is 7.46. The molecule has 100 valence electrons. The molecule has 0 atom stereocenters. The molecule has 2 fully saturated rings. The van der Waals surface area contributed by atoms with E-state index in [4.69, 9.17) is 10.1 Å². The van der Waals surface area contributed by atoms with Crippen LogP contribution in [0, 0.1) is 0 Å². The summed E-state index contributed by atoms with van der Waals surface area (Å²) in [5.41, 5.74) is 0. The second kappa shape index (κ2) is 5.39. The van der Waals surface area contributed by atoms with Gasteiger partial charge in [0.05, 0.1) is 0 Å². The number of nitrogens with zero attached hydrogens (tertiary/aromatic N) is 3. The van der Waals surface area contributed by atoms with Gasteiger partial charge < -0.3 is 5.32 Å². The van der Waals surface area contributed by atoms with Gasteiger partial charge in [-0.3, -0.25) is 4.68 Å². The van der Waals surface area contributed by atoms with Crippen molar-refractivity contribution < 1.29 is 0 Å². The second-order valence-corrected chi connectivity index (χ2v) is 5.81. The Morgan fingerprint density at radius 1 is 1.00 bits per heavy atom. The van der Waals surface area contributed by atoms with Crippen molar-refractivity contribution in [1.82, 2.24) is 20.1 Å². The predicted molar refractivity (Wildman–Crippen MR) is 71.7 cm³/mol. The summed E-state index contributed by atoms with van der Waals surface area (Å²) in [6.07, 6.45) is 9.08. The summed E-state index contributed by atoms with van der Waals surface area (Å²) in [5.74, 6) is 3.57. The molecule has 0 unspecified atom stereocenters. The zero-order valence-corrected chi connectivity index (χ0v) is 11.4. The maximum Gasteiger partial charge on any atom is 0.154 e. The molecule has 1 aromatic rings. The molecule has 0 aromatic carbocycles. The van der Waals surface area contributed by atoms with Crippen LogP contribution in [0.5, 0.6) is 0 Å². The van der Waals surface area contributed by atoms with E-state index in [1.54, 1.807) is 0 Å². The zero-order valence-electron chi connectivity index (χ0n) is 11.4. The van der Waals surface area contributed by atoms with E-state index in [1.165, 1.54) is 50.8 Å². The Labute approximate surface area is 109 Å². The maximum absolute atomic E-state index is 4.88. The SMILES string of the molecule is Cn1nc(C2CCCCC2)nc1C1CCNCC1. The molecule has 3 rings (SSSR count). The minimum absolute atomic E-state index is 0.612. The van der Waals surface area contributed by atoms with Gasteiger partial charge in [0, 0.05) is 18.9 Å². The molecule has 4 heteroatoms. The molecular weight excluding hydrogens is 224 g/mol. The van der Waals surface area contributed by atoms with E-state index in [0.29, 0.717) is 11.8 Å². The van der Waals surface area contributed by atoms with Crippen LogP contribution in [0.4, 0.5) is 0 Å². The highest BCUT2D eigenvalue weighted by molar-refractivity contribution is 5.05. The van der Waals surface area contributed by atoms with E-state index in [-0.39, 0.29) is 0 Å². The van der Waals surface area contributed by atoms with Crippen LogP contribution in [0.25, 0.3) is 0 Å². The van der Waals surface area contributed by atoms with Crippen molar-refractivity contribution in [2.75, 3.05) is 13.1 Å². The lowest BCUT2D eigenvalue weighted by Gasteiger charge is -2.21. The van der Waals surface area contributed by atoms with Crippen LogP contribution >= 0.6 is 0 Å².